The zero-order valence-corrected chi connectivity index (χ0v) is 23.1. The van der Waals surface area contributed by atoms with Crippen LogP contribution in [-0.4, -0.2) is 36.2 Å². The van der Waals surface area contributed by atoms with Gasteiger partial charge in [0.1, 0.15) is 12.4 Å². The standard InChI is InChI=1S/C29H26N2O8S/c1-6-13-37-28(35)25-16(2)30-29-31(26(25)20-9-12-22(39-18(4)33)23(15-20)36-5)27(34)24(40-29)14-19-7-10-21(11-8-19)38-17(3)32/h6-12,14-15,26H,1,13H2,2-5H3. The molecule has 1 aliphatic heterocycles. The SMILES string of the molecule is C=CCOC(=O)C1=C(C)N=c2sc(=Cc3ccc(OC(C)=O)cc3)c(=O)n2C1c1ccc(OC(C)=O)c(OC)c1. The molecule has 0 saturated heterocycles. The molecule has 10 nitrogen and oxygen atoms in total. The van der Waals surface area contributed by atoms with Crippen molar-refractivity contribution in [1.29, 1.82) is 0 Å². The van der Waals surface area contributed by atoms with Crippen LogP contribution < -0.4 is 29.1 Å². The van der Waals surface area contributed by atoms with E-state index in [4.69, 9.17) is 18.9 Å². The molecule has 0 fully saturated rings. The van der Waals surface area contributed by atoms with E-state index in [2.05, 4.69) is 11.6 Å². The lowest BCUT2D eigenvalue weighted by Gasteiger charge is -2.25. The lowest BCUT2D eigenvalue weighted by Crippen LogP contribution is -2.40. The molecule has 1 atom stereocenters. The number of hydrogen-bond donors (Lipinski definition) is 0. The van der Waals surface area contributed by atoms with Crippen LogP contribution >= 0.6 is 11.3 Å². The van der Waals surface area contributed by atoms with Crippen LogP contribution in [0.3, 0.4) is 0 Å². The van der Waals surface area contributed by atoms with Gasteiger partial charge in [-0.25, -0.2) is 9.79 Å². The second-order valence-corrected chi connectivity index (χ2v) is 9.64. The molecule has 0 saturated carbocycles. The Labute approximate surface area is 233 Å². The first kappa shape index (κ1) is 28.2. The molecule has 0 aliphatic carbocycles. The number of allylic oxidation sites excluding steroid dienone is 1. The van der Waals surface area contributed by atoms with E-state index in [9.17, 15) is 19.2 Å². The molecule has 11 heteroatoms. The Bertz CT molecular complexity index is 1710. The van der Waals surface area contributed by atoms with E-state index in [1.54, 1.807) is 49.4 Å². The average molecular weight is 563 g/mol. The minimum Gasteiger partial charge on any atom is -0.493 e. The van der Waals surface area contributed by atoms with E-state index >= 15 is 0 Å². The molecule has 0 bridgehead atoms. The summed E-state index contributed by atoms with van der Waals surface area (Å²) in [6.45, 7) is 7.82. The summed E-state index contributed by atoms with van der Waals surface area (Å²) in [5.74, 6) is -0.781. The molecule has 4 rings (SSSR count). The van der Waals surface area contributed by atoms with Gasteiger partial charge in [0.25, 0.3) is 5.56 Å². The zero-order valence-electron chi connectivity index (χ0n) is 22.3. The first-order valence-electron chi connectivity index (χ1n) is 12.1. The van der Waals surface area contributed by atoms with Crippen LogP contribution in [0.1, 0.15) is 37.9 Å². The largest absolute Gasteiger partial charge is 0.493 e. The summed E-state index contributed by atoms with van der Waals surface area (Å²) in [4.78, 5) is 54.7. The number of hydrogen-bond acceptors (Lipinski definition) is 10. The molecule has 206 valence electrons. The number of benzene rings is 2. The van der Waals surface area contributed by atoms with Gasteiger partial charge in [0.05, 0.1) is 29.0 Å². The average Bonchev–Trinajstić information content (AvgIpc) is 3.21. The Morgan fingerprint density at radius 1 is 1.05 bits per heavy atom. The van der Waals surface area contributed by atoms with Gasteiger partial charge in [0, 0.05) is 13.8 Å². The van der Waals surface area contributed by atoms with Crippen LogP contribution in [0.15, 0.2) is 76.2 Å². The van der Waals surface area contributed by atoms with E-state index in [-0.39, 0.29) is 29.2 Å². The van der Waals surface area contributed by atoms with E-state index in [1.807, 2.05) is 0 Å². The molecule has 0 spiro atoms. The van der Waals surface area contributed by atoms with Crippen molar-refractivity contribution in [3.8, 4) is 17.2 Å². The molecule has 0 amide bonds. The minimum atomic E-state index is -0.901. The second kappa shape index (κ2) is 12.0. The minimum absolute atomic E-state index is 0.0230. The summed E-state index contributed by atoms with van der Waals surface area (Å²) in [6.07, 6.45) is 3.14. The second-order valence-electron chi connectivity index (χ2n) is 8.64. The Balaban J connectivity index is 1.88. The zero-order chi connectivity index (χ0) is 29.0. The van der Waals surface area contributed by atoms with Gasteiger partial charge in [-0.3, -0.25) is 19.0 Å². The molecular formula is C29H26N2O8S. The smallest absolute Gasteiger partial charge is 0.338 e. The molecule has 1 aromatic heterocycles. The third-order valence-electron chi connectivity index (χ3n) is 5.77. The summed E-state index contributed by atoms with van der Waals surface area (Å²) in [7, 11) is 1.42. The summed E-state index contributed by atoms with van der Waals surface area (Å²) in [5, 5.41) is 0. The number of methoxy groups -OCH3 is 1. The molecule has 3 aromatic rings. The first-order chi connectivity index (χ1) is 19.1. The number of fused-ring (bicyclic) bond motifs is 1. The summed E-state index contributed by atoms with van der Waals surface area (Å²) < 4.78 is 22.9. The highest BCUT2D eigenvalue weighted by molar-refractivity contribution is 7.07. The number of esters is 3. The van der Waals surface area contributed by atoms with Gasteiger partial charge in [0.2, 0.25) is 0 Å². The van der Waals surface area contributed by atoms with Gasteiger partial charge in [0.15, 0.2) is 16.3 Å². The maximum absolute atomic E-state index is 13.8. The Morgan fingerprint density at radius 2 is 1.75 bits per heavy atom. The number of nitrogens with zero attached hydrogens (tertiary/aromatic N) is 2. The fourth-order valence-corrected chi connectivity index (χ4v) is 5.20. The van der Waals surface area contributed by atoms with Crippen LogP contribution in [0.5, 0.6) is 17.2 Å². The molecule has 1 unspecified atom stereocenters. The lowest BCUT2D eigenvalue weighted by atomic mass is 9.95. The quantitative estimate of drug-likeness (QED) is 0.233. The highest BCUT2D eigenvalue weighted by Gasteiger charge is 2.34. The van der Waals surface area contributed by atoms with Gasteiger partial charge < -0.3 is 18.9 Å². The number of thiazole rings is 1. The van der Waals surface area contributed by atoms with E-state index in [0.29, 0.717) is 31.9 Å². The van der Waals surface area contributed by atoms with Crippen molar-refractivity contribution >= 4 is 35.3 Å². The van der Waals surface area contributed by atoms with Crippen molar-refractivity contribution in [1.82, 2.24) is 4.57 Å². The molecule has 2 heterocycles. The van der Waals surface area contributed by atoms with Gasteiger partial charge >= 0.3 is 17.9 Å². The predicted octanol–water partition coefficient (Wildman–Crippen LogP) is 2.82. The molecule has 0 N–H and O–H groups in total. The maximum atomic E-state index is 13.8. The van der Waals surface area contributed by atoms with Crippen molar-refractivity contribution in [3.05, 3.63) is 97.2 Å². The Hall–Kier alpha value is -4.77. The monoisotopic (exact) mass is 562 g/mol. The molecule has 2 aromatic carbocycles. The molecule has 1 aliphatic rings. The normalized spacial score (nSPS) is 14.6. The Kier molecular flexibility index (Phi) is 8.44. The van der Waals surface area contributed by atoms with Crippen molar-refractivity contribution < 1.29 is 33.3 Å². The fourth-order valence-electron chi connectivity index (χ4n) is 4.15. The van der Waals surface area contributed by atoms with Crippen molar-refractivity contribution in [3.63, 3.8) is 0 Å². The van der Waals surface area contributed by atoms with Gasteiger partial charge in [-0.2, -0.15) is 0 Å². The van der Waals surface area contributed by atoms with Crippen LogP contribution in [0.4, 0.5) is 0 Å². The lowest BCUT2D eigenvalue weighted by molar-refractivity contribution is -0.138. The van der Waals surface area contributed by atoms with Crippen LogP contribution in [0.2, 0.25) is 0 Å². The summed E-state index contributed by atoms with van der Waals surface area (Å²) in [6, 6.07) is 10.6. The van der Waals surface area contributed by atoms with Gasteiger partial charge in [-0.1, -0.05) is 42.2 Å². The number of carbonyl (C=O) groups excluding carboxylic acids is 3. The van der Waals surface area contributed by atoms with Crippen LogP contribution in [-0.2, 0) is 19.1 Å². The van der Waals surface area contributed by atoms with E-state index in [0.717, 1.165) is 0 Å². The first-order valence-corrected chi connectivity index (χ1v) is 12.9. The Morgan fingerprint density at radius 3 is 2.38 bits per heavy atom. The van der Waals surface area contributed by atoms with Crippen LogP contribution in [0, 0.1) is 0 Å². The third-order valence-corrected chi connectivity index (χ3v) is 6.75. The third kappa shape index (κ3) is 5.94. The molecule has 0 radical (unpaired) electrons. The molecule has 40 heavy (non-hydrogen) atoms. The maximum Gasteiger partial charge on any atom is 0.338 e. The topological polar surface area (TPSA) is 122 Å². The van der Waals surface area contributed by atoms with Gasteiger partial charge in [-0.15, -0.1) is 0 Å². The number of carbonyl (C=O) groups is 3. The fraction of sp³-hybridized carbons (Fsp3) is 0.207. The number of aromatic nitrogens is 1. The number of rotatable bonds is 8. The highest BCUT2D eigenvalue weighted by atomic mass is 32.1. The van der Waals surface area contributed by atoms with Crippen molar-refractivity contribution in [2.45, 2.75) is 26.8 Å². The molecular weight excluding hydrogens is 536 g/mol. The van der Waals surface area contributed by atoms with Crippen molar-refractivity contribution in [2.24, 2.45) is 4.99 Å². The van der Waals surface area contributed by atoms with Gasteiger partial charge in [-0.05, 0) is 48.4 Å². The predicted molar refractivity (Wildman–Crippen MR) is 147 cm³/mol. The summed E-state index contributed by atoms with van der Waals surface area (Å²) >= 11 is 1.17. The highest BCUT2D eigenvalue weighted by Crippen LogP contribution is 2.36. The number of ether oxygens (including phenoxy) is 4. The van der Waals surface area contributed by atoms with E-state index < -0.39 is 23.9 Å². The van der Waals surface area contributed by atoms with E-state index in [1.165, 1.54) is 49.0 Å². The van der Waals surface area contributed by atoms with Crippen LogP contribution in [0.25, 0.3) is 6.08 Å². The van der Waals surface area contributed by atoms with Crippen molar-refractivity contribution in [2.75, 3.05) is 13.7 Å². The summed E-state index contributed by atoms with van der Waals surface area (Å²) in [5.41, 5.74) is 1.41.